The van der Waals surface area contributed by atoms with Gasteiger partial charge in [0.15, 0.2) is 0 Å². The molecule has 2 aliphatic rings. The molecule has 2 saturated carbocycles. The van der Waals surface area contributed by atoms with Crippen LogP contribution in [0, 0.1) is 10.8 Å². The van der Waals surface area contributed by atoms with Gasteiger partial charge in [-0.15, -0.1) is 0 Å². The van der Waals surface area contributed by atoms with Crippen molar-refractivity contribution in [3.8, 4) is 0 Å². The van der Waals surface area contributed by atoms with E-state index in [0.717, 1.165) is 38.5 Å². The molecule has 0 aromatic rings. The standard InChI is InChI=1S/C21H37NO2/c1-18(23)20(14-15-20)12-10-8-6-4-2-3-5-7-9-11-13-21(16-17-21)19(22)24/h2-17H2,1H3,(H2,22,24). The van der Waals surface area contributed by atoms with Gasteiger partial charge in [-0.3, -0.25) is 9.59 Å². The molecule has 2 N–H and O–H groups in total. The summed E-state index contributed by atoms with van der Waals surface area (Å²) in [6, 6.07) is 0. The molecule has 0 spiro atoms. The molecule has 0 heterocycles. The van der Waals surface area contributed by atoms with E-state index in [2.05, 4.69) is 0 Å². The van der Waals surface area contributed by atoms with Crippen LogP contribution in [0.2, 0.25) is 0 Å². The summed E-state index contributed by atoms with van der Waals surface area (Å²) in [7, 11) is 0. The topological polar surface area (TPSA) is 60.2 Å². The summed E-state index contributed by atoms with van der Waals surface area (Å²) in [4.78, 5) is 22.8. The van der Waals surface area contributed by atoms with Crippen LogP contribution < -0.4 is 5.73 Å². The Hall–Kier alpha value is -0.860. The summed E-state index contributed by atoms with van der Waals surface area (Å²) < 4.78 is 0. The Labute approximate surface area is 148 Å². The van der Waals surface area contributed by atoms with Crippen molar-refractivity contribution in [1.82, 2.24) is 0 Å². The van der Waals surface area contributed by atoms with Crippen molar-refractivity contribution >= 4 is 11.7 Å². The third kappa shape index (κ3) is 5.89. The summed E-state index contributed by atoms with van der Waals surface area (Å²) >= 11 is 0. The van der Waals surface area contributed by atoms with Gasteiger partial charge in [-0.1, -0.05) is 64.2 Å². The van der Waals surface area contributed by atoms with Crippen LogP contribution in [0.5, 0.6) is 0 Å². The molecule has 0 bridgehead atoms. The molecule has 0 aromatic carbocycles. The molecule has 0 aromatic heterocycles. The van der Waals surface area contributed by atoms with Gasteiger partial charge in [-0.2, -0.15) is 0 Å². The molecule has 0 saturated heterocycles. The second-order valence-corrected chi connectivity index (χ2v) is 8.52. The third-order valence-corrected chi connectivity index (χ3v) is 6.54. The average molecular weight is 336 g/mol. The van der Waals surface area contributed by atoms with Gasteiger partial charge in [0.1, 0.15) is 5.78 Å². The van der Waals surface area contributed by atoms with Crippen molar-refractivity contribution in [2.45, 2.75) is 110 Å². The molecule has 0 unspecified atom stereocenters. The van der Waals surface area contributed by atoms with Gasteiger partial charge in [0.05, 0.1) is 0 Å². The first kappa shape index (κ1) is 19.5. The molecule has 1 amide bonds. The summed E-state index contributed by atoms with van der Waals surface area (Å²) in [5.74, 6) is 0.351. The Morgan fingerprint density at radius 1 is 0.667 bits per heavy atom. The quantitative estimate of drug-likeness (QED) is 0.413. The fraction of sp³-hybridized carbons (Fsp3) is 0.905. The van der Waals surface area contributed by atoms with Crippen LogP contribution in [0.25, 0.3) is 0 Å². The van der Waals surface area contributed by atoms with Crippen LogP contribution in [-0.4, -0.2) is 11.7 Å². The lowest BCUT2D eigenvalue weighted by molar-refractivity contribution is -0.123. The van der Waals surface area contributed by atoms with E-state index >= 15 is 0 Å². The van der Waals surface area contributed by atoms with Crippen LogP contribution in [0.4, 0.5) is 0 Å². The number of Topliss-reactive ketones (excluding diaryl/α,β-unsaturated/α-hetero) is 1. The number of carbonyl (C=O) groups is 2. The number of rotatable bonds is 15. The maximum Gasteiger partial charge on any atom is 0.223 e. The minimum absolute atomic E-state index is 0.0709. The highest BCUT2D eigenvalue weighted by molar-refractivity contribution is 5.85. The molecule has 2 aliphatic carbocycles. The van der Waals surface area contributed by atoms with Gasteiger partial charge in [0, 0.05) is 10.8 Å². The van der Waals surface area contributed by atoms with Gasteiger partial charge >= 0.3 is 0 Å². The molecular formula is C21H37NO2. The number of primary amides is 1. The monoisotopic (exact) mass is 335 g/mol. The molecule has 2 fully saturated rings. The Morgan fingerprint density at radius 2 is 1.00 bits per heavy atom. The zero-order valence-corrected chi connectivity index (χ0v) is 15.7. The minimum Gasteiger partial charge on any atom is -0.369 e. The number of carbonyl (C=O) groups excluding carboxylic acids is 2. The molecule has 3 heteroatoms. The number of unbranched alkanes of at least 4 members (excludes halogenated alkanes) is 9. The first-order valence-corrected chi connectivity index (χ1v) is 10.3. The molecule has 0 radical (unpaired) electrons. The van der Waals surface area contributed by atoms with Gasteiger partial charge in [-0.05, 0) is 45.4 Å². The minimum atomic E-state index is -0.0958. The smallest absolute Gasteiger partial charge is 0.223 e. The number of hydrogen-bond acceptors (Lipinski definition) is 2. The molecule has 138 valence electrons. The van der Waals surface area contributed by atoms with Crippen molar-refractivity contribution in [2.75, 3.05) is 0 Å². The Balaban J connectivity index is 1.31. The molecule has 0 atom stereocenters. The van der Waals surface area contributed by atoms with Crippen LogP contribution in [0.15, 0.2) is 0 Å². The van der Waals surface area contributed by atoms with Crippen LogP contribution in [-0.2, 0) is 9.59 Å². The number of nitrogens with two attached hydrogens (primary N) is 1. The molecule has 2 rings (SSSR count). The van der Waals surface area contributed by atoms with Crippen molar-refractivity contribution in [2.24, 2.45) is 16.6 Å². The highest BCUT2D eigenvalue weighted by Gasteiger charge is 2.47. The second-order valence-electron chi connectivity index (χ2n) is 8.52. The first-order valence-electron chi connectivity index (χ1n) is 10.3. The summed E-state index contributed by atoms with van der Waals surface area (Å²) in [6.45, 7) is 1.77. The van der Waals surface area contributed by atoms with E-state index in [9.17, 15) is 9.59 Å². The van der Waals surface area contributed by atoms with Crippen molar-refractivity contribution in [1.29, 1.82) is 0 Å². The SMILES string of the molecule is CC(=O)C1(CCCCCCCCCCCCC2(C(N)=O)CC2)CC1. The summed E-state index contributed by atoms with van der Waals surface area (Å²) in [5.41, 5.74) is 5.47. The normalized spacial score (nSPS) is 19.9. The lowest BCUT2D eigenvalue weighted by Crippen LogP contribution is -2.24. The Kier molecular flexibility index (Phi) is 7.31. The van der Waals surface area contributed by atoms with E-state index in [1.807, 2.05) is 0 Å². The van der Waals surface area contributed by atoms with E-state index in [1.54, 1.807) is 6.92 Å². The third-order valence-electron chi connectivity index (χ3n) is 6.54. The van der Waals surface area contributed by atoms with E-state index in [1.165, 1.54) is 64.2 Å². The van der Waals surface area contributed by atoms with Gasteiger partial charge in [0.25, 0.3) is 0 Å². The highest BCUT2D eigenvalue weighted by atomic mass is 16.1. The molecule has 0 aliphatic heterocycles. The largest absolute Gasteiger partial charge is 0.369 e. The van der Waals surface area contributed by atoms with Crippen LogP contribution in [0.3, 0.4) is 0 Å². The lowest BCUT2D eigenvalue weighted by Gasteiger charge is -2.10. The zero-order chi connectivity index (χ0) is 17.5. The average Bonchev–Trinajstić information content (AvgIpc) is 3.43. The fourth-order valence-electron chi connectivity index (χ4n) is 4.04. The van der Waals surface area contributed by atoms with Crippen molar-refractivity contribution in [3.05, 3.63) is 0 Å². The zero-order valence-electron chi connectivity index (χ0n) is 15.7. The fourth-order valence-corrected chi connectivity index (χ4v) is 4.04. The number of amides is 1. The predicted octanol–water partition coefficient (Wildman–Crippen LogP) is 5.30. The Morgan fingerprint density at radius 3 is 1.29 bits per heavy atom. The predicted molar refractivity (Wildman–Crippen MR) is 98.6 cm³/mol. The van der Waals surface area contributed by atoms with Gasteiger partial charge in [-0.25, -0.2) is 0 Å². The van der Waals surface area contributed by atoms with E-state index in [4.69, 9.17) is 5.73 Å². The van der Waals surface area contributed by atoms with Gasteiger partial charge < -0.3 is 5.73 Å². The molecule has 24 heavy (non-hydrogen) atoms. The first-order chi connectivity index (χ1) is 11.5. The summed E-state index contributed by atoms with van der Waals surface area (Å²) in [5, 5.41) is 0. The van der Waals surface area contributed by atoms with Gasteiger partial charge in [0.2, 0.25) is 5.91 Å². The number of ketones is 1. The second kappa shape index (κ2) is 9.01. The highest BCUT2D eigenvalue weighted by Crippen LogP contribution is 2.51. The molecule has 3 nitrogen and oxygen atoms in total. The number of hydrogen-bond donors (Lipinski definition) is 1. The maximum absolute atomic E-state index is 11.5. The summed E-state index contributed by atoms with van der Waals surface area (Å²) in [6.07, 6.45) is 19.4. The van der Waals surface area contributed by atoms with E-state index in [0.29, 0.717) is 5.78 Å². The Bertz CT molecular complexity index is 382. The van der Waals surface area contributed by atoms with Crippen molar-refractivity contribution < 1.29 is 9.59 Å². The molecular weight excluding hydrogens is 298 g/mol. The van der Waals surface area contributed by atoms with Crippen LogP contribution >= 0.6 is 0 Å². The van der Waals surface area contributed by atoms with E-state index < -0.39 is 0 Å². The maximum atomic E-state index is 11.5. The van der Waals surface area contributed by atoms with Crippen molar-refractivity contribution in [3.63, 3.8) is 0 Å². The lowest BCUT2D eigenvalue weighted by atomic mass is 9.94. The van der Waals surface area contributed by atoms with Crippen LogP contribution in [0.1, 0.15) is 110 Å². The van der Waals surface area contributed by atoms with E-state index in [-0.39, 0.29) is 16.7 Å².